The van der Waals surface area contributed by atoms with Crippen LogP contribution < -0.4 is 0 Å². The Morgan fingerprint density at radius 3 is 2.88 bits per heavy atom. The third-order valence-electron chi connectivity index (χ3n) is 4.52. The molecular formula is C17H20N4O2S2. The van der Waals surface area contributed by atoms with Gasteiger partial charge in [0, 0.05) is 10.8 Å². The van der Waals surface area contributed by atoms with Gasteiger partial charge in [0.15, 0.2) is 10.8 Å². The average molecular weight is 377 g/mol. The largest absolute Gasteiger partial charge is 0.468 e. The van der Waals surface area contributed by atoms with Crippen molar-refractivity contribution in [3.05, 3.63) is 16.3 Å². The van der Waals surface area contributed by atoms with Crippen molar-refractivity contribution in [2.45, 2.75) is 50.6 Å². The summed E-state index contributed by atoms with van der Waals surface area (Å²) in [6.07, 6.45) is 4.69. The van der Waals surface area contributed by atoms with Gasteiger partial charge in [0.2, 0.25) is 0 Å². The highest BCUT2D eigenvalue weighted by Gasteiger charge is 2.24. The average Bonchev–Trinajstić information content (AvgIpc) is 3.19. The van der Waals surface area contributed by atoms with Gasteiger partial charge in [0.25, 0.3) is 0 Å². The van der Waals surface area contributed by atoms with Crippen LogP contribution in [-0.4, -0.2) is 38.4 Å². The zero-order valence-corrected chi connectivity index (χ0v) is 16.2. The maximum atomic E-state index is 11.5. The number of carbonyl (C=O) groups excluding carboxylic acids is 1. The fourth-order valence-electron chi connectivity index (χ4n) is 3.32. The van der Waals surface area contributed by atoms with E-state index in [1.54, 1.807) is 11.3 Å². The maximum Gasteiger partial charge on any atom is 0.316 e. The van der Waals surface area contributed by atoms with E-state index in [0.29, 0.717) is 5.16 Å². The van der Waals surface area contributed by atoms with Crippen LogP contribution in [0.3, 0.4) is 0 Å². The molecule has 0 saturated carbocycles. The van der Waals surface area contributed by atoms with Gasteiger partial charge in [-0.05, 0) is 31.2 Å². The number of aromatic nitrogens is 4. The molecule has 1 aliphatic carbocycles. The van der Waals surface area contributed by atoms with Crippen LogP contribution >= 0.6 is 23.1 Å². The quantitative estimate of drug-likeness (QED) is 0.512. The Kier molecular flexibility index (Phi) is 4.41. The second kappa shape index (κ2) is 6.57. The molecule has 0 fully saturated rings. The summed E-state index contributed by atoms with van der Waals surface area (Å²) in [7, 11) is 1.40. The van der Waals surface area contributed by atoms with Crippen LogP contribution in [0.1, 0.15) is 48.9 Å². The maximum absolute atomic E-state index is 11.5. The summed E-state index contributed by atoms with van der Waals surface area (Å²) in [5.41, 5.74) is 2.27. The molecule has 0 atom stereocenters. The molecule has 4 rings (SSSR count). The first-order chi connectivity index (χ1) is 12.1. The standard InChI is InChI=1S/C17H20N4O2S2/c1-9(2)14-18-16-13(10-6-4-5-7-11(10)25-16)15-19-20-17(21(14)15)24-8-12(22)23-3/h9H,4-8H2,1-3H3. The minimum Gasteiger partial charge on any atom is -0.468 e. The van der Waals surface area contributed by atoms with Crippen molar-refractivity contribution in [2.75, 3.05) is 12.9 Å². The van der Waals surface area contributed by atoms with E-state index in [9.17, 15) is 4.79 Å². The number of thiophene rings is 1. The molecule has 0 saturated heterocycles. The summed E-state index contributed by atoms with van der Waals surface area (Å²) in [6, 6.07) is 0. The van der Waals surface area contributed by atoms with Crippen molar-refractivity contribution in [3.63, 3.8) is 0 Å². The SMILES string of the molecule is COC(=O)CSc1nnc2c3c4c(sc3nc(C(C)C)n12)CCCC4. The fraction of sp³-hybridized carbons (Fsp3) is 0.529. The molecule has 0 bridgehead atoms. The highest BCUT2D eigenvalue weighted by molar-refractivity contribution is 7.99. The summed E-state index contributed by atoms with van der Waals surface area (Å²) < 4.78 is 6.77. The Morgan fingerprint density at radius 2 is 2.12 bits per heavy atom. The number of thioether (sulfide) groups is 1. The Balaban J connectivity index is 1.93. The van der Waals surface area contributed by atoms with Gasteiger partial charge in [0.1, 0.15) is 10.7 Å². The number of methoxy groups -OCH3 is 1. The van der Waals surface area contributed by atoms with Gasteiger partial charge in [0.05, 0.1) is 18.2 Å². The summed E-state index contributed by atoms with van der Waals surface area (Å²) in [5.74, 6) is 1.13. The molecule has 0 radical (unpaired) electrons. The number of hydrogen-bond donors (Lipinski definition) is 0. The summed E-state index contributed by atoms with van der Waals surface area (Å²) in [6.45, 7) is 4.24. The normalized spacial score (nSPS) is 14.4. The molecule has 3 aromatic heterocycles. The Bertz CT molecular complexity index is 961. The molecule has 3 aromatic rings. The number of aryl methyl sites for hydroxylation is 2. The predicted molar refractivity (Wildman–Crippen MR) is 99.6 cm³/mol. The van der Waals surface area contributed by atoms with Gasteiger partial charge >= 0.3 is 5.97 Å². The van der Waals surface area contributed by atoms with Crippen LogP contribution in [0.15, 0.2) is 5.16 Å². The zero-order valence-electron chi connectivity index (χ0n) is 14.5. The van der Waals surface area contributed by atoms with Crippen LogP contribution in [-0.2, 0) is 22.4 Å². The van der Waals surface area contributed by atoms with Crippen LogP contribution in [0.25, 0.3) is 15.9 Å². The molecule has 0 spiro atoms. The van der Waals surface area contributed by atoms with E-state index in [1.165, 1.54) is 42.2 Å². The first-order valence-corrected chi connectivity index (χ1v) is 10.3. The van der Waals surface area contributed by atoms with Gasteiger partial charge in [-0.25, -0.2) is 4.98 Å². The molecule has 0 unspecified atom stereocenters. The lowest BCUT2D eigenvalue weighted by molar-refractivity contribution is -0.137. The zero-order chi connectivity index (χ0) is 17.6. The van der Waals surface area contributed by atoms with E-state index >= 15 is 0 Å². The van der Waals surface area contributed by atoms with Crippen LogP contribution in [0.4, 0.5) is 0 Å². The number of esters is 1. The minimum absolute atomic E-state index is 0.217. The highest BCUT2D eigenvalue weighted by Crippen LogP contribution is 2.39. The topological polar surface area (TPSA) is 69.4 Å². The molecule has 1 aliphatic rings. The summed E-state index contributed by atoms with van der Waals surface area (Å²) in [4.78, 5) is 19.0. The second-order valence-electron chi connectivity index (χ2n) is 6.52. The van der Waals surface area contributed by atoms with Crippen molar-refractivity contribution in [2.24, 2.45) is 0 Å². The van der Waals surface area contributed by atoms with Crippen LogP contribution in [0.5, 0.6) is 0 Å². The molecule has 3 heterocycles. The monoisotopic (exact) mass is 376 g/mol. The van der Waals surface area contributed by atoms with Crippen molar-refractivity contribution in [3.8, 4) is 0 Å². The number of carbonyl (C=O) groups is 1. The van der Waals surface area contributed by atoms with E-state index in [-0.39, 0.29) is 17.6 Å². The van der Waals surface area contributed by atoms with E-state index in [1.807, 2.05) is 4.40 Å². The third kappa shape index (κ3) is 2.81. The van der Waals surface area contributed by atoms with E-state index in [2.05, 4.69) is 24.0 Å². The van der Waals surface area contributed by atoms with E-state index < -0.39 is 0 Å². The lowest BCUT2D eigenvalue weighted by Crippen LogP contribution is -2.07. The molecule has 0 amide bonds. The van der Waals surface area contributed by atoms with Gasteiger partial charge in [-0.15, -0.1) is 21.5 Å². The van der Waals surface area contributed by atoms with E-state index in [4.69, 9.17) is 9.72 Å². The van der Waals surface area contributed by atoms with Gasteiger partial charge in [-0.1, -0.05) is 25.6 Å². The highest BCUT2D eigenvalue weighted by atomic mass is 32.2. The number of hydrogen-bond acceptors (Lipinski definition) is 7. The first kappa shape index (κ1) is 16.8. The van der Waals surface area contributed by atoms with Crippen LogP contribution in [0, 0.1) is 0 Å². The number of rotatable bonds is 4. The fourth-order valence-corrected chi connectivity index (χ4v) is 5.35. The molecule has 0 N–H and O–H groups in total. The van der Waals surface area contributed by atoms with Crippen molar-refractivity contribution in [1.82, 2.24) is 19.6 Å². The van der Waals surface area contributed by atoms with Gasteiger partial charge < -0.3 is 4.74 Å². The molecular weight excluding hydrogens is 356 g/mol. The lowest BCUT2D eigenvalue weighted by Gasteiger charge is -2.12. The Morgan fingerprint density at radius 1 is 1.32 bits per heavy atom. The molecule has 8 heteroatoms. The molecule has 132 valence electrons. The van der Waals surface area contributed by atoms with Crippen molar-refractivity contribution < 1.29 is 9.53 Å². The van der Waals surface area contributed by atoms with Crippen molar-refractivity contribution >= 4 is 44.9 Å². The lowest BCUT2D eigenvalue weighted by atomic mass is 9.97. The van der Waals surface area contributed by atoms with Crippen molar-refractivity contribution in [1.29, 1.82) is 0 Å². The van der Waals surface area contributed by atoms with E-state index in [0.717, 1.165) is 34.5 Å². The Hall–Kier alpha value is -1.67. The number of fused-ring (bicyclic) bond motifs is 5. The van der Waals surface area contributed by atoms with Gasteiger partial charge in [-0.2, -0.15) is 0 Å². The minimum atomic E-state index is -0.269. The second-order valence-corrected chi connectivity index (χ2v) is 8.55. The summed E-state index contributed by atoms with van der Waals surface area (Å²) in [5, 5.41) is 10.7. The number of nitrogens with zero attached hydrogens (tertiary/aromatic N) is 4. The van der Waals surface area contributed by atoms with Crippen LogP contribution in [0.2, 0.25) is 0 Å². The third-order valence-corrected chi connectivity index (χ3v) is 6.61. The molecule has 6 nitrogen and oxygen atoms in total. The molecule has 25 heavy (non-hydrogen) atoms. The smallest absolute Gasteiger partial charge is 0.316 e. The Labute approximate surface area is 154 Å². The first-order valence-electron chi connectivity index (χ1n) is 8.49. The number of ether oxygens (including phenoxy) is 1. The molecule has 0 aliphatic heterocycles. The van der Waals surface area contributed by atoms with Gasteiger partial charge in [-0.3, -0.25) is 9.20 Å². The predicted octanol–water partition coefficient (Wildman–Crippen LogP) is 3.61. The summed E-state index contributed by atoms with van der Waals surface area (Å²) >= 11 is 3.15. The molecule has 0 aromatic carbocycles.